The van der Waals surface area contributed by atoms with Crippen molar-refractivity contribution in [2.24, 2.45) is 0 Å². The molecular weight excluding hydrogens is 168 g/mol. The molecule has 0 aromatic heterocycles. The molecule has 0 fully saturated rings. The van der Waals surface area contributed by atoms with Gasteiger partial charge < -0.3 is 9.84 Å². The molecule has 70 valence electrons. The van der Waals surface area contributed by atoms with Crippen molar-refractivity contribution in [3.05, 3.63) is 29.8 Å². The molecule has 1 rings (SSSR count). The van der Waals surface area contributed by atoms with Crippen LogP contribution in [0.4, 0.5) is 0 Å². The van der Waals surface area contributed by atoms with E-state index in [4.69, 9.17) is 9.84 Å². The predicted molar refractivity (Wildman–Crippen MR) is 49.0 cm³/mol. The minimum atomic E-state index is -0.843. The van der Waals surface area contributed by atoms with Crippen LogP contribution < -0.4 is 4.74 Å². The molecule has 0 aliphatic carbocycles. The highest BCUT2D eigenvalue weighted by Crippen LogP contribution is 2.25. The molecule has 13 heavy (non-hydrogen) atoms. The van der Waals surface area contributed by atoms with Crippen LogP contribution in [-0.4, -0.2) is 18.2 Å². The summed E-state index contributed by atoms with van der Waals surface area (Å²) < 4.78 is 5.05. The van der Waals surface area contributed by atoms with E-state index in [0.717, 1.165) is 0 Å². The van der Waals surface area contributed by atoms with Crippen molar-refractivity contribution in [3.63, 3.8) is 0 Å². The summed E-state index contributed by atoms with van der Waals surface area (Å²) in [5, 5.41) is 8.80. The molecule has 0 spiro atoms. The number of carboxylic acids is 1. The number of carbonyl (C=O) groups is 1. The molecule has 0 heterocycles. The molecule has 0 bridgehead atoms. The van der Waals surface area contributed by atoms with Gasteiger partial charge >= 0.3 is 5.97 Å². The predicted octanol–water partition coefficient (Wildman–Crippen LogP) is 1.88. The molecular formula is C10H12O3. The average molecular weight is 180 g/mol. The molecule has 3 nitrogen and oxygen atoms in total. The fourth-order valence-electron chi connectivity index (χ4n) is 1.16. The number of benzene rings is 1. The Bertz CT molecular complexity index is 307. The van der Waals surface area contributed by atoms with E-state index in [2.05, 4.69) is 0 Å². The van der Waals surface area contributed by atoms with E-state index >= 15 is 0 Å². The highest BCUT2D eigenvalue weighted by atomic mass is 16.5. The maximum Gasteiger partial charge on any atom is 0.310 e. The van der Waals surface area contributed by atoms with Crippen LogP contribution in [0, 0.1) is 0 Å². The van der Waals surface area contributed by atoms with Gasteiger partial charge in [0, 0.05) is 5.56 Å². The summed E-state index contributed by atoms with van der Waals surface area (Å²) in [5.41, 5.74) is 0.706. The largest absolute Gasteiger partial charge is 0.496 e. The van der Waals surface area contributed by atoms with Crippen molar-refractivity contribution in [2.75, 3.05) is 7.11 Å². The molecule has 0 amide bonds. The maximum atomic E-state index is 10.7. The molecule has 1 aromatic carbocycles. The molecule has 0 saturated carbocycles. The summed E-state index contributed by atoms with van der Waals surface area (Å²) in [5.74, 6) is -0.752. The van der Waals surface area contributed by atoms with Gasteiger partial charge in [-0.2, -0.15) is 0 Å². The number of carboxylic acid groups (broad SMARTS) is 1. The summed E-state index contributed by atoms with van der Waals surface area (Å²) in [6.07, 6.45) is 0. The summed E-state index contributed by atoms with van der Waals surface area (Å²) in [6.45, 7) is 1.64. The SMILES string of the molecule is COc1ccccc1[C@H](C)C(=O)O. The standard InChI is InChI=1S/C10H12O3/c1-7(10(11)12)8-5-3-4-6-9(8)13-2/h3-7H,1-2H3,(H,11,12)/t7-/m0/s1. The van der Waals surface area contributed by atoms with Gasteiger partial charge in [-0.3, -0.25) is 4.79 Å². The zero-order valence-corrected chi connectivity index (χ0v) is 7.65. The highest BCUT2D eigenvalue weighted by molar-refractivity contribution is 5.76. The van der Waals surface area contributed by atoms with Gasteiger partial charge in [-0.25, -0.2) is 0 Å². The number of methoxy groups -OCH3 is 1. The van der Waals surface area contributed by atoms with E-state index in [1.54, 1.807) is 25.1 Å². The third kappa shape index (κ3) is 1.99. The van der Waals surface area contributed by atoms with Crippen LogP contribution in [0.15, 0.2) is 24.3 Å². The van der Waals surface area contributed by atoms with Crippen LogP contribution in [-0.2, 0) is 4.79 Å². The van der Waals surface area contributed by atoms with E-state index in [1.807, 2.05) is 6.07 Å². The van der Waals surface area contributed by atoms with E-state index in [-0.39, 0.29) is 0 Å². The molecule has 0 aliphatic rings. The highest BCUT2D eigenvalue weighted by Gasteiger charge is 2.16. The first-order valence-electron chi connectivity index (χ1n) is 4.02. The van der Waals surface area contributed by atoms with Crippen molar-refractivity contribution >= 4 is 5.97 Å². The number of hydrogen-bond donors (Lipinski definition) is 1. The smallest absolute Gasteiger partial charge is 0.310 e. The lowest BCUT2D eigenvalue weighted by Crippen LogP contribution is -2.08. The average Bonchev–Trinajstić information content (AvgIpc) is 2.16. The number of rotatable bonds is 3. The van der Waals surface area contributed by atoms with Gasteiger partial charge in [0.25, 0.3) is 0 Å². The van der Waals surface area contributed by atoms with Crippen LogP contribution in [0.3, 0.4) is 0 Å². The minimum absolute atomic E-state index is 0.531. The molecule has 1 aromatic rings. The fourth-order valence-corrected chi connectivity index (χ4v) is 1.16. The molecule has 1 N–H and O–H groups in total. The third-order valence-corrected chi connectivity index (χ3v) is 1.98. The van der Waals surface area contributed by atoms with Gasteiger partial charge in [0.2, 0.25) is 0 Å². The van der Waals surface area contributed by atoms with Gasteiger partial charge in [-0.1, -0.05) is 18.2 Å². The Morgan fingerprint density at radius 3 is 2.62 bits per heavy atom. The maximum absolute atomic E-state index is 10.7. The zero-order valence-electron chi connectivity index (χ0n) is 7.65. The van der Waals surface area contributed by atoms with E-state index in [1.165, 1.54) is 7.11 Å². The molecule has 0 saturated heterocycles. The Labute approximate surface area is 77.0 Å². The number of para-hydroxylation sites is 1. The summed E-state index contributed by atoms with van der Waals surface area (Å²) in [6, 6.07) is 7.14. The zero-order chi connectivity index (χ0) is 9.84. The lowest BCUT2D eigenvalue weighted by Gasteiger charge is -2.10. The molecule has 3 heteroatoms. The van der Waals surface area contributed by atoms with Crippen LogP contribution >= 0.6 is 0 Å². The quantitative estimate of drug-likeness (QED) is 0.772. The van der Waals surface area contributed by atoms with Gasteiger partial charge in [0.15, 0.2) is 0 Å². The van der Waals surface area contributed by atoms with E-state index in [0.29, 0.717) is 11.3 Å². The van der Waals surface area contributed by atoms with Gasteiger partial charge in [-0.15, -0.1) is 0 Å². The van der Waals surface area contributed by atoms with Crippen molar-refractivity contribution in [3.8, 4) is 5.75 Å². The number of hydrogen-bond acceptors (Lipinski definition) is 2. The third-order valence-electron chi connectivity index (χ3n) is 1.98. The van der Waals surface area contributed by atoms with Crippen molar-refractivity contribution in [2.45, 2.75) is 12.8 Å². The van der Waals surface area contributed by atoms with Crippen molar-refractivity contribution in [1.29, 1.82) is 0 Å². The lowest BCUT2D eigenvalue weighted by molar-refractivity contribution is -0.138. The Kier molecular flexibility index (Phi) is 2.90. The second kappa shape index (κ2) is 3.94. The normalized spacial score (nSPS) is 12.2. The Morgan fingerprint density at radius 1 is 1.46 bits per heavy atom. The van der Waals surface area contributed by atoms with Gasteiger partial charge in [0.05, 0.1) is 13.0 Å². The van der Waals surface area contributed by atoms with Crippen LogP contribution in [0.25, 0.3) is 0 Å². The minimum Gasteiger partial charge on any atom is -0.496 e. The Balaban J connectivity index is 3.05. The van der Waals surface area contributed by atoms with Crippen LogP contribution in [0.1, 0.15) is 18.4 Å². The monoisotopic (exact) mass is 180 g/mol. The first-order chi connectivity index (χ1) is 6.16. The molecule has 0 unspecified atom stereocenters. The molecule has 0 radical (unpaired) electrons. The van der Waals surface area contributed by atoms with Gasteiger partial charge in [-0.05, 0) is 13.0 Å². The topological polar surface area (TPSA) is 46.5 Å². The van der Waals surface area contributed by atoms with E-state index in [9.17, 15) is 4.79 Å². The lowest BCUT2D eigenvalue weighted by atomic mass is 10.0. The molecule has 0 aliphatic heterocycles. The second-order valence-corrected chi connectivity index (χ2v) is 2.80. The first-order valence-corrected chi connectivity index (χ1v) is 4.02. The van der Waals surface area contributed by atoms with Crippen LogP contribution in [0.2, 0.25) is 0 Å². The first kappa shape index (κ1) is 9.58. The summed E-state index contributed by atoms with van der Waals surface area (Å²) >= 11 is 0. The fraction of sp³-hybridized carbons (Fsp3) is 0.300. The number of ether oxygens (including phenoxy) is 1. The van der Waals surface area contributed by atoms with Crippen molar-refractivity contribution < 1.29 is 14.6 Å². The van der Waals surface area contributed by atoms with Gasteiger partial charge in [0.1, 0.15) is 5.75 Å². The second-order valence-electron chi connectivity index (χ2n) is 2.80. The van der Waals surface area contributed by atoms with E-state index < -0.39 is 11.9 Å². The van der Waals surface area contributed by atoms with Crippen LogP contribution in [0.5, 0.6) is 5.75 Å². The Morgan fingerprint density at radius 2 is 2.08 bits per heavy atom. The van der Waals surface area contributed by atoms with Crippen molar-refractivity contribution in [1.82, 2.24) is 0 Å². The molecule has 1 atom stereocenters. The number of aliphatic carboxylic acids is 1. The summed E-state index contributed by atoms with van der Waals surface area (Å²) in [4.78, 5) is 10.7. The Hall–Kier alpha value is -1.51. The summed E-state index contributed by atoms with van der Waals surface area (Å²) in [7, 11) is 1.54.